The van der Waals surface area contributed by atoms with Crippen molar-refractivity contribution in [2.45, 2.75) is 63.8 Å². The molecule has 3 N–H and O–H groups in total. The molecule has 1 unspecified atom stereocenters. The molecule has 7 heteroatoms. The van der Waals surface area contributed by atoms with Gasteiger partial charge in [-0.1, -0.05) is 43.9 Å². The maximum Gasteiger partial charge on any atom is 0.326 e. The summed E-state index contributed by atoms with van der Waals surface area (Å²) in [6, 6.07) is 11.3. The number of fused-ring (bicyclic) bond motifs is 2. The second-order valence-corrected chi connectivity index (χ2v) is 8.42. The molecule has 1 aliphatic rings. The molecule has 1 aromatic carbocycles. The molecule has 4 rings (SSSR count). The lowest BCUT2D eigenvalue weighted by molar-refractivity contribution is -0.138. The summed E-state index contributed by atoms with van der Waals surface area (Å²) in [6.07, 6.45) is 10.6. The first-order valence-electron chi connectivity index (χ1n) is 11.6. The third-order valence-electron chi connectivity index (χ3n) is 6.03. The summed E-state index contributed by atoms with van der Waals surface area (Å²) in [7, 11) is 0. The zero-order valence-electron chi connectivity index (χ0n) is 18.4. The number of pyridine rings is 1. The van der Waals surface area contributed by atoms with Gasteiger partial charge in [-0.2, -0.15) is 0 Å². The number of carboxylic acids is 1. The molecule has 2 aromatic heterocycles. The van der Waals surface area contributed by atoms with Crippen molar-refractivity contribution in [2.75, 3.05) is 17.2 Å². The summed E-state index contributed by atoms with van der Waals surface area (Å²) < 4.78 is 0. The van der Waals surface area contributed by atoms with E-state index in [9.17, 15) is 9.90 Å². The topological polar surface area (TPSA) is 100 Å². The summed E-state index contributed by atoms with van der Waals surface area (Å²) in [5.74, 6) is 0.798. The minimum absolute atomic E-state index is 0.575. The van der Waals surface area contributed by atoms with Gasteiger partial charge >= 0.3 is 5.97 Å². The molecular weight excluding hydrogens is 402 g/mol. The first-order chi connectivity index (χ1) is 15.7. The van der Waals surface area contributed by atoms with Crippen LogP contribution in [0.5, 0.6) is 0 Å². The van der Waals surface area contributed by atoms with Crippen molar-refractivity contribution in [1.29, 1.82) is 0 Å². The Balaban J connectivity index is 1.18. The third-order valence-corrected chi connectivity index (χ3v) is 6.03. The second-order valence-electron chi connectivity index (χ2n) is 8.42. The maximum atomic E-state index is 11.7. The number of para-hydroxylation sites is 1. The zero-order valence-corrected chi connectivity index (χ0v) is 18.4. The number of benzene rings is 1. The number of anilines is 2. The second kappa shape index (κ2) is 10.9. The van der Waals surface area contributed by atoms with Gasteiger partial charge < -0.3 is 15.7 Å². The van der Waals surface area contributed by atoms with Crippen molar-refractivity contribution >= 4 is 28.5 Å². The highest BCUT2D eigenvalue weighted by atomic mass is 16.4. The van der Waals surface area contributed by atoms with Gasteiger partial charge in [0.15, 0.2) is 0 Å². The van der Waals surface area contributed by atoms with Crippen molar-refractivity contribution in [2.24, 2.45) is 0 Å². The van der Waals surface area contributed by atoms with Crippen LogP contribution in [0.25, 0.3) is 10.9 Å². The Labute approximate surface area is 188 Å². The average molecular weight is 434 g/mol. The van der Waals surface area contributed by atoms with E-state index < -0.39 is 12.0 Å². The molecule has 0 radical (unpaired) electrons. The lowest BCUT2D eigenvalue weighted by Gasteiger charge is -2.17. The number of aromatic nitrogens is 3. The Morgan fingerprint density at radius 2 is 1.91 bits per heavy atom. The van der Waals surface area contributed by atoms with Gasteiger partial charge in [-0.3, -0.25) is 0 Å². The van der Waals surface area contributed by atoms with Crippen molar-refractivity contribution in [3.05, 3.63) is 54.0 Å². The SMILES string of the molecule is O=C(O)C(CCCCCCCc1ccc2c(n1)NCCC2)Nc1ncnc2ccccc12. The molecule has 0 bridgehead atoms. The normalized spacial score (nSPS) is 13.9. The summed E-state index contributed by atoms with van der Waals surface area (Å²) in [6.45, 7) is 1.02. The van der Waals surface area contributed by atoms with Gasteiger partial charge in [-0.05, 0) is 55.9 Å². The number of carbonyl (C=O) groups is 1. The number of carboxylic acid groups (broad SMARTS) is 1. The number of aryl methyl sites for hydroxylation is 2. The molecular formula is C25H31N5O2. The molecule has 3 heterocycles. The number of hydrogen-bond donors (Lipinski definition) is 3. The molecule has 0 spiro atoms. The van der Waals surface area contributed by atoms with Crippen LogP contribution in [0.3, 0.4) is 0 Å². The van der Waals surface area contributed by atoms with Gasteiger partial charge in [-0.15, -0.1) is 0 Å². The highest BCUT2D eigenvalue weighted by molar-refractivity contribution is 5.90. The lowest BCUT2D eigenvalue weighted by Crippen LogP contribution is -2.29. The fourth-order valence-corrected chi connectivity index (χ4v) is 4.24. The Bertz CT molecular complexity index is 1050. The predicted octanol–water partition coefficient (Wildman–Crippen LogP) is 4.83. The van der Waals surface area contributed by atoms with Crippen LogP contribution in [-0.4, -0.2) is 38.6 Å². The molecule has 0 saturated heterocycles. The largest absolute Gasteiger partial charge is 0.480 e. The molecule has 0 saturated carbocycles. The summed E-state index contributed by atoms with van der Waals surface area (Å²) in [5.41, 5.74) is 3.29. The van der Waals surface area contributed by atoms with Crippen LogP contribution in [0, 0.1) is 0 Å². The molecule has 0 fully saturated rings. The van der Waals surface area contributed by atoms with Crippen LogP contribution in [0.15, 0.2) is 42.7 Å². The summed E-state index contributed by atoms with van der Waals surface area (Å²) in [4.78, 5) is 25.0. The molecule has 1 atom stereocenters. The number of aliphatic carboxylic acids is 1. The molecule has 1 aliphatic heterocycles. The van der Waals surface area contributed by atoms with Crippen molar-refractivity contribution < 1.29 is 9.90 Å². The summed E-state index contributed by atoms with van der Waals surface area (Å²) in [5, 5.41) is 17.0. The molecule has 168 valence electrons. The van der Waals surface area contributed by atoms with Crippen LogP contribution in [0.2, 0.25) is 0 Å². The first-order valence-corrected chi connectivity index (χ1v) is 11.6. The van der Waals surface area contributed by atoms with E-state index in [0.717, 1.165) is 73.9 Å². The van der Waals surface area contributed by atoms with Crippen molar-refractivity contribution in [1.82, 2.24) is 15.0 Å². The molecule has 0 amide bonds. The van der Waals surface area contributed by atoms with Gasteiger partial charge in [0.25, 0.3) is 0 Å². The van der Waals surface area contributed by atoms with Gasteiger partial charge in [0.1, 0.15) is 24.0 Å². The number of rotatable bonds is 11. The minimum Gasteiger partial charge on any atom is -0.480 e. The molecule has 0 aliphatic carbocycles. The van der Waals surface area contributed by atoms with E-state index >= 15 is 0 Å². The van der Waals surface area contributed by atoms with Crippen LogP contribution < -0.4 is 10.6 Å². The van der Waals surface area contributed by atoms with Gasteiger partial charge in [0.05, 0.1) is 5.52 Å². The maximum absolute atomic E-state index is 11.7. The number of nitrogens with zero attached hydrogens (tertiary/aromatic N) is 3. The van der Waals surface area contributed by atoms with Crippen LogP contribution >= 0.6 is 0 Å². The van der Waals surface area contributed by atoms with Gasteiger partial charge in [0, 0.05) is 17.6 Å². The monoisotopic (exact) mass is 433 g/mol. The number of hydrogen-bond acceptors (Lipinski definition) is 6. The molecule has 7 nitrogen and oxygen atoms in total. The summed E-state index contributed by atoms with van der Waals surface area (Å²) >= 11 is 0. The van der Waals surface area contributed by atoms with Crippen LogP contribution in [-0.2, 0) is 17.6 Å². The van der Waals surface area contributed by atoms with Gasteiger partial charge in [0.2, 0.25) is 0 Å². The lowest BCUT2D eigenvalue weighted by atomic mass is 10.0. The van der Waals surface area contributed by atoms with Crippen LogP contribution in [0.1, 0.15) is 56.2 Å². The van der Waals surface area contributed by atoms with Crippen LogP contribution in [0.4, 0.5) is 11.6 Å². The smallest absolute Gasteiger partial charge is 0.326 e. The van der Waals surface area contributed by atoms with Crippen molar-refractivity contribution in [3.63, 3.8) is 0 Å². The van der Waals surface area contributed by atoms with E-state index in [-0.39, 0.29) is 0 Å². The highest BCUT2D eigenvalue weighted by Crippen LogP contribution is 2.22. The quantitative estimate of drug-likeness (QED) is 0.372. The van der Waals surface area contributed by atoms with E-state index in [1.807, 2.05) is 24.3 Å². The fourth-order valence-electron chi connectivity index (χ4n) is 4.24. The Morgan fingerprint density at radius 1 is 1.06 bits per heavy atom. The number of unbranched alkanes of at least 4 members (excludes halogenated alkanes) is 4. The van der Waals surface area contributed by atoms with E-state index in [2.05, 4.69) is 32.7 Å². The highest BCUT2D eigenvalue weighted by Gasteiger charge is 2.18. The Kier molecular flexibility index (Phi) is 7.48. The first kappa shape index (κ1) is 22.0. The Morgan fingerprint density at radius 3 is 2.81 bits per heavy atom. The Hall–Kier alpha value is -3.22. The zero-order chi connectivity index (χ0) is 22.2. The van der Waals surface area contributed by atoms with Crippen molar-refractivity contribution in [3.8, 4) is 0 Å². The fraction of sp³-hybridized carbons (Fsp3) is 0.440. The van der Waals surface area contributed by atoms with E-state index in [4.69, 9.17) is 4.98 Å². The van der Waals surface area contributed by atoms with E-state index in [1.54, 1.807) is 0 Å². The minimum atomic E-state index is -0.847. The molecule has 32 heavy (non-hydrogen) atoms. The van der Waals surface area contributed by atoms with Gasteiger partial charge in [-0.25, -0.2) is 19.7 Å². The van der Waals surface area contributed by atoms with E-state index in [1.165, 1.54) is 18.3 Å². The third kappa shape index (κ3) is 5.72. The standard InChI is InChI=1S/C25H31N5O2/c31-25(32)22(30-24-20-11-6-7-12-21(20)27-17-28-24)13-5-3-1-2-4-10-19-15-14-18-9-8-16-26-23(18)29-19/h6-7,11-12,14-15,17,22H,1-5,8-10,13,16H2,(H,26,29)(H,31,32)(H,27,28,30). The average Bonchev–Trinajstić information content (AvgIpc) is 2.82. The van der Waals surface area contributed by atoms with E-state index in [0.29, 0.717) is 12.2 Å². The predicted molar refractivity (Wildman–Crippen MR) is 127 cm³/mol. The number of nitrogens with one attached hydrogen (secondary N) is 2. The molecule has 3 aromatic rings.